The highest BCUT2D eigenvalue weighted by molar-refractivity contribution is 5.91. The molecule has 1 aliphatic rings. The fourth-order valence-corrected chi connectivity index (χ4v) is 1.91. The molecule has 2 N–H and O–H groups in total. The molecule has 1 heterocycles. The van der Waals surface area contributed by atoms with Crippen molar-refractivity contribution in [3.63, 3.8) is 0 Å². The van der Waals surface area contributed by atoms with E-state index in [1.807, 2.05) is 24.3 Å². The number of carbonyl (C=O) groups excluding carboxylic acids is 1. The van der Waals surface area contributed by atoms with Gasteiger partial charge in [0, 0.05) is 25.7 Å². The molecule has 20 heavy (non-hydrogen) atoms. The number of ether oxygens (including phenoxy) is 2. The Hall–Kier alpha value is -1.85. The number of benzene rings is 1. The van der Waals surface area contributed by atoms with Crippen LogP contribution in [0.5, 0.6) is 5.75 Å². The SMILES string of the molecule is COc1ccc(/C=C/C(=O)NCC2CNCCO2)cc1. The average Bonchev–Trinajstić information content (AvgIpc) is 2.52. The van der Waals surface area contributed by atoms with E-state index in [2.05, 4.69) is 10.6 Å². The Kier molecular flexibility index (Phi) is 5.58. The van der Waals surface area contributed by atoms with E-state index >= 15 is 0 Å². The number of amides is 1. The first-order chi connectivity index (χ1) is 9.78. The maximum absolute atomic E-state index is 11.7. The molecular weight excluding hydrogens is 256 g/mol. The van der Waals surface area contributed by atoms with Gasteiger partial charge >= 0.3 is 0 Å². The van der Waals surface area contributed by atoms with Crippen molar-refractivity contribution in [2.45, 2.75) is 6.10 Å². The van der Waals surface area contributed by atoms with Gasteiger partial charge in [-0.15, -0.1) is 0 Å². The first-order valence-electron chi connectivity index (χ1n) is 6.70. The van der Waals surface area contributed by atoms with Gasteiger partial charge in [-0.25, -0.2) is 0 Å². The molecule has 2 rings (SSSR count). The highest BCUT2D eigenvalue weighted by Gasteiger charge is 2.13. The third kappa shape index (κ3) is 4.68. The predicted molar refractivity (Wildman–Crippen MR) is 77.6 cm³/mol. The zero-order valence-electron chi connectivity index (χ0n) is 11.6. The van der Waals surface area contributed by atoms with E-state index < -0.39 is 0 Å². The number of nitrogens with one attached hydrogen (secondary N) is 2. The summed E-state index contributed by atoms with van der Waals surface area (Å²) in [5.74, 6) is 0.684. The summed E-state index contributed by atoms with van der Waals surface area (Å²) in [4.78, 5) is 11.7. The van der Waals surface area contributed by atoms with Crippen LogP contribution in [0.4, 0.5) is 0 Å². The van der Waals surface area contributed by atoms with Crippen molar-refractivity contribution in [1.29, 1.82) is 0 Å². The molecule has 1 fully saturated rings. The van der Waals surface area contributed by atoms with Crippen molar-refractivity contribution in [2.75, 3.05) is 33.4 Å². The van der Waals surface area contributed by atoms with Gasteiger partial charge in [-0.05, 0) is 23.8 Å². The highest BCUT2D eigenvalue weighted by Crippen LogP contribution is 2.12. The van der Waals surface area contributed by atoms with Gasteiger partial charge in [0.15, 0.2) is 0 Å². The third-order valence-electron chi connectivity index (χ3n) is 3.05. The lowest BCUT2D eigenvalue weighted by Gasteiger charge is -2.23. The Morgan fingerprint density at radius 1 is 1.50 bits per heavy atom. The van der Waals surface area contributed by atoms with Crippen molar-refractivity contribution in [2.24, 2.45) is 0 Å². The molecule has 108 valence electrons. The van der Waals surface area contributed by atoms with Crippen LogP contribution in [0.2, 0.25) is 0 Å². The zero-order valence-corrected chi connectivity index (χ0v) is 11.6. The van der Waals surface area contributed by atoms with E-state index in [0.717, 1.165) is 24.4 Å². The maximum Gasteiger partial charge on any atom is 0.244 e. The third-order valence-corrected chi connectivity index (χ3v) is 3.05. The highest BCUT2D eigenvalue weighted by atomic mass is 16.5. The van der Waals surface area contributed by atoms with Crippen LogP contribution in [0.1, 0.15) is 5.56 Å². The van der Waals surface area contributed by atoms with Crippen LogP contribution < -0.4 is 15.4 Å². The van der Waals surface area contributed by atoms with Crippen LogP contribution in [0.15, 0.2) is 30.3 Å². The fraction of sp³-hybridized carbons (Fsp3) is 0.400. The quantitative estimate of drug-likeness (QED) is 0.782. The van der Waals surface area contributed by atoms with Gasteiger partial charge in [0.2, 0.25) is 5.91 Å². The summed E-state index contributed by atoms with van der Waals surface area (Å²) in [6.45, 7) is 2.88. The van der Waals surface area contributed by atoms with Gasteiger partial charge in [0.05, 0.1) is 19.8 Å². The summed E-state index contributed by atoms with van der Waals surface area (Å²) in [5.41, 5.74) is 0.955. The van der Waals surface area contributed by atoms with Gasteiger partial charge in [-0.3, -0.25) is 4.79 Å². The molecule has 5 heteroatoms. The molecule has 1 unspecified atom stereocenters. The number of methoxy groups -OCH3 is 1. The van der Waals surface area contributed by atoms with Crippen molar-refractivity contribution in [3.8, 4) is 5.75 Å². The summed E-state index contributed by atoms with van der Waals surface area (Å²) in [7, 11) is 1.63. The molecule has 0 radical (unpaired) electrons. The van der Waals surface area contributed by atoms with Crippen LogP contribution in [0, 0.1) is 0 Å². The summed E-state index contributed by atoms with van der Waals surface area (Å²) in [6.07, 6.45) is 3.36. The second kappa shape index (κ2) is 7.67. The molecule has 1 atom stereocenters. The minimum absolute atomic E-state index is 0.0575. The Morgan fingerprint density at radius 2 is 2.30 bits per heavy atom. The van der Waals surface area contributed by atoms with E-state index in [0.29, 0.717) is 13.2 Å². The van der Waals surface area contributed by atoms with Crippen molar-refractivity contribution in [3.05, 3.63) is 35.9 Å². The molecule has 0 saturated carbocycles. The van der Waals surface area contributed by atoms with E-state index in [1.54, 1.807) is 13.2 Å². The lowest BCUT2D eigenvalue weighted by Crippen LogP contribution is -2.44. The fourth-order valence-electron chi connectivity index (χ4n) is 1.91. The Bertz CT molecular complexity index is 451. The number of hydrogen-bond acceptors (Lipinski definition) is 4. The second-order valence-electron chi connectivity index (χ2n) is 4.55. The minimum atomic E-state index is -0.116. The predicted octanol–water partition coefficient (Wildman–Crippen LogP) is 0.813. The number of hydrogen-bond donors (Lipinski definition) is 2. The Balaban J connectivity index is 1.76. The second-order valence-corrected chi connectivity index (χ2v) is 4.55. The van der Waals surface area contributed by atoms with Crippen molar-refractivity contribution < 1.29 is 14.3 Å². The van der Waals surface area contributed by atoms with Crippen LogP contribution in [0.25, 0.3) is 6.08 Å². The Labute approximate surface area is 119 Å². The van der Waals surface area contributed by atoms with E-state index in [4.69, 9.17) is 9.47 Å². The molecule has 1 aromatic rings. The van der Waals surface area contributed by atoms with Crippen LogP contribution >= 0.6 is 0 Å². The molecule has 1 aromatic carbocycles. The molecule has 0 spiro atoms. The largest absolute Gasteiger partial charge is 0.497 e. The van der Waals surface area contributed by atoms with Crippen LogP contribution in [-0.2, 0) is 9.53 Å². The lowest BCUT2D eigenvalue weighted by atomic mass is 10.2. The normalized spacial score (nSPS) is 18.9. The average molecular weight is 276 g/mol. The summed E-state index contributed by atoms with van der Waals surface area (Å²) in [5, 5.41) is 6.05. The first kappa shape index (κ1) is 14.6. The van der Waals surface area contributed by atoms with Gasteiger partial charge in [0.25, 0.3) is 0 Å². The zero-order chi connectivity index (χ0) is 14.2. The summed E-state index contributed by atoms with van der Waals surface area (Å²) in [6, 6.07) is 7.52. The standard InChI is InChI=1S/C15H20N2O3/c1-19-13-5-2-12(3-6-13)4-7-15(18)17-11-14-10-16-8-9-20-14/h2-7,14,16H,8-11H2,1H3,(H,17,18)/b7-4+. The van der Waals surface area contributed by atoms with Gasteiger partial charge < -0.3 is 20.1 Å². The molecule has 0 aromatic heterocycles. The van der Waals surface area contributed by atoms with Crippen molar-refractivity contribution in [1.82, 2.24) is 10.6 Å². The molecule has 1 amide bonds. The first-order valence-corrected chi connectivity index (χ1v) is 6.70. The summed E-state index contributed by atoms with van der Waals surface area (Å²) < 4.78 is 10.6. The molecule has 5 nitrogen and oxygen atoms in total. The molecular formula is C15H20N2O3. The van der Waals surface area contributed by atoms with Gasteiger partial charge in [0.1, 0.15) is 5.75 Å². The Morgan fingerprint density at radius 3 is 2.95 bits per heavy atom. The monoisotopic (exact) mass is 276 g/mol. The van der Waals surface area contributed by atoms with Crippen LogP contribution in [0.3, 0.4) is 0 Å². The number of morpholine rings is 1. The molecule has 1 aliphatic heterocycles. The van der Waals surface area contributed by atoms with Crippen LogP contribution in [-0.4, -0.2) is 45.4 Å². The van der Waals surface area contributed by atoms with E-state index in [9.17, 15) is 4.79 Å². The number of carbonyl (C=O) groups is 1. The molecule has 1 saturated heterocycles. The molecule has 0 bridgehead atoms. The maximum atomic E-state index is 11.7. The van der Waals surface area contributed by atoms with E-state index in [-0.39, 0.29) is 12.0 Å². The topological polar surface area (TPSA) is 59.6 Å². The summed E-state index contributed by atoms with van der Waals surface area (Å²) >= 11 is 0. The lowest BCUT2D eigenvalue weighted by molar-refractivity contribution is -0.117. The van der Waals surface area contributed by atoms with E-state index in [1.165, 1.54) is 6.08 Å². The molecule has 0 aliphatic carbocycles. The van der Waals surface area contributed by atoms with Crippen molar-refractivity contribution >= 4 is 12.0 Å². The van der Waals surface area contributed by atoms with Gasteiger partial charge in [-0.1, -0.05) is 12.1 Å². The van der Waals surface area contributed by atoms with Gasteiger partial charge in [-0.2, -0.15) is 0 Å². The number of rotatable bonds is 5. The smallest absolute Gasteiger partial charge is 0.244 e. The minimum Gasteiger partial charge on any atom is -0.497 e.